The van der Waals surface area contributed by atoms with Crippen LogP contribution in [-0.2, 0) is 4.79 Å². The molecule has 1 aromatic carbocycles. The van der Waals surface area contributed by atoms with Gasteiger partial charge in [-0.1, -0.05) is 31.0 Å². The summed E-state index contributed by atoms with van der Waals surface area (Å²) in [4.78, 5) is 27.6. The number of fused-ring (bicyclic) bond motifs is 1. The molecule has 1 saturated heterocycles. The number of aryl methyl sites for hydroxylation is 1. The molecule has 4 nitrogen and oxygen atoms in total. The first kappa shape index (κ1) is 20.6. The first-order valence-corrected chi connectivity index (χ1v) is 9.51. The molecule has 3 rings (SSSR count). The molecule has 0 saturated carbocycles. The highest BCUT2D eigenvalue weighted by molar-refractivity contribution is 6.07. The summed E-state index contributed by atoms with van der Waals surface area (Å²) in [6.45, 7) is 4.82. The standard InChI is InChI=1S/C21H28N2O2.ClH/c1-3-6-15(22)12-16-7-4-5-10-23(16)21(25)19-13-20(24)18-11-14(2)8-9-17(18)19;/h8-9,11,16,19,22H,3-7,10,12-13H2,1-2H3;1H. The van der Waals surface area contributed by atoms with Crippen molar-refractivity contribution < 1.29 is 9.59 Å². The molecule has 1 aliphatic heterocycles. The average molecular weight is 377 g/mol. The normalized spacial score (nSPS) is 21.9. The smallest absolute Gasteiger partial charge is 0.230 e. The Morgan fingerprint density at radius 3 is 2.81 bits per heavy atom. The molecule has 2 atom stereocenters. The van der Waals surface area contributed by atoms with Gasteiger partial charge in [0.05, 0.1) is 5.92 Å². The molecule has 2 aliphatic rings. The van der Waals surface area contributed by atoms with Crippen LogP contribution < -0.4 is 0 Å². The molecule has 2 unspecified atom stereocenters. The fraction of sp³-hybridized carbons (Fsp3) is 0.571. The number of amides is 1. The number of carbonyl (C=O) groups excluding carboxylic acids is 2. The summed E-state index contributed by atoms with van der Waals surface area (Å²) in [5, 5.41) is 8.15. The number of nitrogens with zero attached hydrogens (tertiary/aromatic N) is 1. The predicted octanol–water partition coefficient (Wildman–Crippen LogP) is 4.68. The SMILES string of the molecule is CCCC(=N)CC1CCCCN1C(=O)C1CC(=O)c2cc(C)ccc21.Cl. The third-order valence-corrected chi connectivity index (χ3v) is 5.52. The van der Waals surface area contributed by atoms with Crippen LogP contribution in [0.15, 0.2) is 18.2 Å². The lowest BCUT2D eigenvalue weighted by Crippen LogP contribution is -2.46. The maximum absolute atomic E-state index is 13.2. The molecule has 1 heterocycles. The summed E-state index contributed by atoms with van der Waals surface area (Å²) in [6, 6.07) is 5.98. The van der Waals surface area contributed by atoms with Gasteiger partial charge < -0.3 is 10.3 Å². The fourth-order valence-electron chi connectivity index (χ4n) is 4.23. The van der Waals surface area contributed by atoms with Gasteiger partial charge in [-0.25, -0.2) is 0 Å². The average Bonchev–Trinajstić information content (AvgIpc) is 2.91. The maximum Gasteiger partial charge on any atom is 0.230 e. The number of hydrogen-bond donors (Lipinski definition) is 1. The first-order chi connectivity index (χ1) is 12.0. The molecule has 142 valence electrons. The monoisotopic (exact) mass is 376 g/mol. The van der Waals surface area contributed by atoms with Crippen LogP contribution in [-0.4, -0.2) is 34.9 Å². The van der Waals surface area contributed by atoms with Crippen LogP contribution in [0.3, 0.4) is 0 Å². The lowest BCUT2D eigenvalue weighted by atomic mass is 9.92. The summed E-state index contributed by atoms with van der Waals surface area (Å²) < 4.78 is 0. The Bertz CT molecular complexity index is 701. The number of benzene rings is 1. The number of nitrogens with one attached hydrogen (secondary N) is 1. The molecule has 0 bridgehead atoms. The quantitative estimate of drug-likeness (QED) is 0.758. The van der Waals surface area contributed by atoms with Crippen molar-refractivity contribution in [3.63, 3.8) is 0 Å². The van der Waals surface area contributed by atoms with Crippen LogP contribution in [0.5, 0.6) is 0 Å². The third kappa shape index (κ3) is 4.17. The lowest BCUT2D eigenvalue weighted by Gasteiger charge is -2.37. The van der Waals surface area contributed by atoms with E-state index in [0.717, 1.165) is 61.1 Å². The van der Waals surface area contributed by atoms with Crippen molar-refractivity contribution in [3.05, 3.63) is 34.9 Å². The Labute approximate surface area is 162 Å². The minimum Gasteiger partial charge on any atom is -0.339 e. The number of halogens is 1. The van der Waals surface area contributed by atoms with E-state index in [-0.39, 0.29) is 36.1 Å². The molecule has 1 aliphatic carbocycles. The van der Waals surface area contributed by atoms with E-state index in [1.807, 2.05) is 30.0 Å². The first-order valence-electron chi connectivity index (χ1n) is 9.51. The molecule has 0 spiro atoms. The van der Waals surface area contributed by atoms with Crippen LogP contribution in [0.4, 0.5) is 0 Å². The van der Waals surface area contributed by atoms with Crippen molar-refractivity contribution in [2.24, 2.45) is 0 Å². The molecule has 1 N–H and O–H groups in total. The molecule has 1 aromatic rings. The van der Waals surface area contributed by atoms with Crippen molar-refractivity contribution in [2.75, 3.05) is 6.54 Å². The van der Waals surface area contributed by atoms with Gasteiger partial charge in [0.25, 0.3) is 0 Å². The number of likely N-dealkylation sites (tertiary alicyclic amines) is 1. The Hall–Kier alpha value is -1.68. The van der Waals surface area contributed by atoms with Crippen LogP contribution >= 0.6 is 12.4 Å². The zero-order valence-corrected chi connectivity index (χ0v) is 16.5. The number of ketones is 1. The van der Waals surface area contributed by atoms with E-state index < -0.39 is 0 Å². The van der Waals surface area contributed by atoms with E-state index in [4.69, 9.17) is 5.41 Å². The highest BCUT2D eigenvalue weighted by Crippen LogP contribution is 2.36. The number of piperidine rings is 1. The van der Waals surface area contributed by atoms with E-state index in [0.29, 0.717) is 12.8 Å². The molecule has 0 aromatic heterocycles. The van der Waals surface area contributed by atoms with Gasteiger partial charge in [-0.2, -0.15) is 0 Å². The van der Waals surface area contributed by atoms with Crippen molar-refractivity contribution in [2.45, 2.75) is 70.8 Å². The number of rotatable bonds is 5. The summed E-state index contributed by atoms with van der Waals surface area (Å²) in [6.07, 6.45) is 5.87. The van der Waals surface area contributed by atoms with Crippen LogP contribution in [0.1, 0.15) is 79.3 Å². The zero-order chi connectivity index (χ0) is 18.0. The minimum absolute atomic E-state index is 0. The summed E-state index contributed by atoms with van der Waals surface area (Å²) >= 11 is 0. The topological polar surface area (TPSA) is 61.2 Å². The maximum atomic E-state index is 13.2. The van der Waals surface area contributed by atoms with Crippen LogP contribution in [0.25, 0.3) is 0 Å². The van der Waals surface area contributed by atoms with Gasteiger partial charge in [-0.3, -0.25) is 9.59 Å². The summed E-state index contributed by atoms with van der Waals surface area (Å²) in [7, 11) is 0. The predicted molar refractivity (Wildman–Crippen MR) is 107 cm³/mol. The number of Topliss-reactive ketones (excluding diaryl/α,β-unsaturated/α-hetero) is 1. The van der Waals surface area contributed by atoms with E-state index in [2.05, 4.69) is 6.92 Å². The van der Waals surface area contributed by atoms with Crippen molar-refractivity contribution in [1.29, 1.82) is 5.41 Å². The van der Waals surface area contributed by atoms with Crippen LogP contribution in [0.2, 0.25) is 0 Å². The lowest BCUT2D eigenvalue weighted by molar-refractivity contribution is -0.136. The second-order valence-corrected chi connectivity index (χ2v) is 7.51. The summed E-state index contributed by atoms with van der Waals surface area (Å²) in [5.41, 5.74) is 3.42. The number of carbonyl (C=O) groups is 2. The van der Waals surface area contributed by atoms with E-state index in [1.54, 1.807) is 0 Å². The van der Waals surface area contributed by atoms with E-state index in [9.17, 15) is 9.59 Å². The second kappa shape index (κ2) is 8.81. The molecule has 26 heavy (non-hydrogen) atoms. The molecule has 1 amide bonds. The van der Waals surface area contributed by atoms with Crippen molar-refractivity contribution in [1.82, 2.24) is 4.90 Å². The van der Waals surface area contributed by atoms with Crippen LogP contribution in [0, 0.1) is 12.3 Å². The fourth-order valence-corrected chi connectivity index (χ4v) is 4.23. The van der Waals surface area contributed by atoms with Gasteiger partial charge in [0.1, 0.15) is 0 Å². The van der Waals surface area contributed by atoms with E-state index in [1.165, 1.54) is 0 Å². The Kier molecular flexibility index (Phi) is 6.99. The molecular formula is C21H29ClN2O2. The molecule has 5 heteroatoms. The molecular weight excluding hydrogens is 348 g/mol. The van der Waals surface area contributed by atoms with Gasteiger partial charge in [0.2, 0.25) is 5.91 Å². The largest absolute Gasteiger partial charge is 0.339 e. The Balaban J connectivity index is 0.00000243. The Morgan fingerprint density at radius 2 is 2.08 bits per heavy atom. The highest BCUT2D eigenvalue weighted by Gasteiger charge is 2.39. The highest BCUT2D eigenvalue weighted by atomic mass is 35.5. The van der Waals surface area contributed by atoms with Crippen molar-refractivity contribution >= 4 is 29.8 Å². The molecule has 0 radical (unpaired) electrons. The van der Waals surface area contributed by atoms with Gasteiger partial charge in [-0.15, -0.1) is 12.4 Å². The van der Waals surface area contributed by atoms with Gasteiger partial charge in [0, 0.05) is 36.7 Å². The summed E-state index contributed by atoms with van der Waals surface area (Å²) in [5.74, 6) is -0.154. The van der Waals surface area contributed by atoms with E-state index >= 15 is 0 Å². The van der Waals surface area contributed by atoms with Gasteiger partial charge in [-0.05, 0) is 44.2 Å². The van der Waals surface area contributed by atoms with Gasteiger partial charge in [0.15, 0.2) is 5.78 Å². The number of hydrogen-bond acceptors (Lipinski definition) is 3. The molecule has 1 fully saturated rings. The van der Waals surface area contributed by atoms with Gasteiger partial charge >= 0.3 is 0 Å². The third-order valence-electron chi connectivity index (χ3n) is 5.52. The minimum atomic E-state index is -0.330. The second-order valence-electron chi connectivity index (χ2n) is 7.51. The zero-order valence-electron chi connectivity index (χ0n) is 15.7. The van der Waals surface area contributed by atoms with Crippen molar-refractivity contribution in [3.8, 4) is 0 Å². The Morgan fingerprint density at radius 1 is 1.31 bits per heavy atom.